The van der Waals surface area contributed by atoms with Gasteiger partial charge in [0.25, 0.3) is 11.5 Å². The first kappa shape index (κ1) is 76.0. The summed E-state index contributed by atoms with van der Waals surface area (Å²) in [5.41, 5.74) is 4.85. The van der Waals surface area contributed by atoms with Crippen LogP contribution in [-0.4, -0.2) is 195 Å². The minimum Gasteiger partial charge on any atom is -0.460 e. The highest BCUT2D eigenvalue weighted by Gasteiger charge is 2.42. The van der Waals surface area contributed by atoms with Gasteiger partial charge in [-0.25, -0.2) is 9.37 Å². The number of nitrogens with zero attached hydrogens (tertiary/aromatic N) is 4. The molecule has 2 aliphatic heterocycles. The number of unbranched alkanes of at least 4 members (excludes halogenated alkanes) is 1. The third-order valence-corrected chi connectivity index (χ3v) is 16.9. The van der Waals surface area contributed by atoms with Crippen LogP contribution in [0.3, 0.4) is 0 Å². The first-order chi connectivity index (χ1) is 46.5. The molecule has 30 nitrogen and oxygen atoms in total. The molecule has 524 valence electrons. The number of fused-ring (bicyclic) bond motifs is 5. The van der Waals surface area contributed by atoms with Gasteiger partial charge >= 0.3 is 5.97 Å². The number of allylic oxidation sites excluding steroid dienone is 2. The molecule has 3 aromatic rings. The average Bonchev–Trinajstić information content (AvgIpc) is 1.63. The number of hydrogen-bond donors (Lipinski definition) is 11. The van der Waals surface area contributed by atoms with Crippen molar-refractivity contribution in [3.63, 3.8) is 0 Å². The van der Waals surface area contributed by atoms with E-state index in [-0.39, 0.29) is 95.1 Å². The molecule has 97 heavy (non-hydrogen) atoms. The second-order valence-corrected chi connectivity index (χ2v) is 23.5. The second kappa shape index (κ2) is 37.3. The lowest BCUT2D eigenvalue weighted by atomic mass is 9.81. The fourth-order valence-corrected chi connectivity index (χ4v) is 11.8. The minimum absolute atomic E-state index is 0.0140. The summed E-state index contributed by atoms with van der Waals surface area (Å²) in [5.74, 6) is -7.81. The Morgan fingerprint density at radius 3 is 2.09 bits per heavy atom. The Morgan fingerprint density at radius 1 is 0.753 bits per heavy atom. The third kappa shape index (κ3) is 20.3. The van der Waals surface area contributed by atoms with Crippen LogP contribution in [0.5, 0.6) is 0 Å². The van der Waals surface area contributed by atoms with Gasteiger partial charge in [-0.3, -0.25) is 72.0 Å². The zero-order valence-corrected chi connectivity index (χ0v) is 55.6. The number of nitrogens with one attached hydrogen (secondary N) is 11. The van der Waals surface area contributed by atoms with Crippen molar-refractivity contribution in [2.24, 2.45) is 0 Å². The van der Waals surface area contributed by atoms with Crippen LogP contribution in [0.25, 0.3) is 22.3 Å². The van der Waals surface area contributed by atoms with Crippen molar-refractivity contribution in [1.29, 1.82) is 0 Å². The van der Waals surface area contributed by atoms with Gasteiger partial charge in [0.1, 0.15) is 36.8 Å². The molecule has 4 unspecified atom stereocenters. The third-order valence-electron chi connectivity index (χ3n) is 16.9. The van der Waals surface area contributed by atoms with Gasteiger partial charge in [0, 0.05) is 75.4 Å². The number of pyridine rings is 2. The van der Waals surface area contributed by atoms with E-state index in [1.54, 1.807) is 18.5 Å². The van der Waals surface area contributed by atoms with Crippen molar-refractivity contribution in [2.75, 3.05) is 80.0 Å². The Labute approximate surface area is 560 Å². The first-order valence-corrected chi connectivity index (χ1v) is 32.3. The summed E-state index contributed by atoms with van der Waals surface area (Å²) >= 11 is 0. The highest BCUT2D eigenvalue weighted by molar-refractivity contribution is 6.01. The Morgan fingerprint density at radius 2 is 1.42 bits per heavy atom. The number of cyclic esters (lactones) is 1. The van der Waals surface area contributed by atoms with Crippen LogP contribution in [0.4, 0.5) is 4.39 Å². The molecule has 0 saturated carbocycles. The van der Waals surface area contributed by atoms with Gasteiger partial charge in [0.15, 0.2) is 0 Å². The lowest BCUT2D eigenvalue weighted by Crippen LogP contribution is -2.61. The number of hydrogen-bond acceptors (Lipinski definition) is 19. The number of imide groups is 1. The SMILES string of the molecule is C=C(NCCCC(=O)NC(CCCCNC)C(=O)NCCCNCC(=O)NC1CCc2c(C)c(F)cc3nc4c(c1c23)Cn1c-4cc2c(c1=O)COC(=O)C2CC)[C@H](C(C(=O)NCCCC(=O)NCC(=O)NCC(=O)NCC(=O)NC)N(C=O)C(=O)/C=C\C)N(C)C(=O)/C=C\C=O. The van der Waals surface area contributed by atoms with Gasteiger partial charge in [0.2, 0.25) is 59.6 Å². The summed E-state index contributed by atoms with van der Waals surface area (Å²) in [6.07, 6.45) is 7.68. The monoisotopic (exact) mass is 1350 g/mol. The highest BCUT2D eigenvalue weighted by Crippen LogP contribution is 2.45. The summed E-state index contributed by atoms with van der Waals surface area (Å²) in [6, 6.07) is -1.54. The molecule has 31 heteroatoms. The van der Waals surface area contributed by atoms with Crippen LogP contribution in [0.2, 0.25) is 0 Å². The molecule has 6 rings (SSSR count). The van der Waals surface area contributed by atoms with Crippen LogP contribution >= 0.6 is 0 Å². The van der Waals surface area contributed by atoms with Gasteiger partial charge in [-0.2, -0.15) is 0 Å². The maximum Gasteiger partial charge on any atom is 0.313 e. The van der Waals surface area contributed by atoms with Crippen LogP contribution < -0.4 is 64.0 Å². The average molecular weight is 1350 g/mol. The van der Waals surface area contributed by atoms with E-state index in [1.165, 1.54) is 33.2 Å². The van der Waals surface area contributed by atoms with E-state index in [2.05, 4.69) is 65.1 Å². The molecule has 0 bridgehead atoms. The van der Waals surface area contributed by atoms with Gasteiger partial charge < -0.3 is 72.7 Å². The summed E-state index contributed by atoms with van der Waals surface area (Å²) < 4.78 is 22.5. The fraction of sp³-hybridized carbons (Fsp3) is 0.500. The Kier molecular flexibility index (Phi) is 29.2. The lowest BCUT2D eigenvalue weighted by molar-refractivity contribution is -0.148. The number of amides is 11. The van der Waals surface area contributed by atoms with E-state index in [0.29, 0.717) is 103 Å². The summed E-state index contributed by atoms with van der Waals surface area (Å²) in [6.45, 7) is 8.75. The molecule has 4 heterocycles. The minimum atomic E-state index is -1.81. The number of benzene rings is 1. The number of esters is 1. The van der Waals surface area contributed by atoms with Crippen molar-refractivity contribution >= 4 is 88.6 Å². The van der Waals surface area contributed by atoms with E-state index in [0.717, 1.165) is 45.2 Å². The van der Waals surface area contributed by atoms with Gasteiger partial charge in [0.05, 0.1) is 67.2 Å². The van der Waals surface area contributed by atoms with Crippen LogP contribution in [0.15, 0.2) is 53.5 Å². The molecular weight excluding hydrogens is 1260 g/mol. The molecule has 5 atom stereocenters. The predicted octanol–water partition coefficient (Wildman–Crippen LogP) is -1.12. The summed E-state index contributed by atoms with van der Waals surface area (Å²) in [5, 5.41) is 30.7. The second-order valence-electron chi connectivity index (χ2n) is 23.5. The van der Waals surface area contributed by atoms with Gasteiger partial charge in [-0.05, 0) is 132 Å². The van der Waals surface area contributed by atoms with Gasteiger partial charge in [-0.1, -0.05) is 19.6 Å². The van der Waals surface area contributed by atoms with E-state index in [9.17, 15) is 67.1 Å². The molecule has 11 N–H and O–H groups in total. The smallest absolute Gasteiger partial charge is 0.313 e. The van der Waals surface area contributed by atoms with E-state index in [1.807, 2.05) is 13.0 Å². The fourth-order valence-electron chi connectivity index (χ4n) is 11.8. The standard InChI is InChI=1S/C66H88FN15O15/c1-8-16-57(92)82(37-84)62(64(94)73-26-12-18-50(85)74-33-53(88)76-34-54(89)75-32-52(87)69-6)61(80(7)56(91)20-14-28-83)39(4)71-25-13-19-51(86)78-47(17-10-11-23-68-5)63(93)72-27-15-24-70-31-55(90)77-46-22-21-41-38(3)45(67)30-48-58(41)59(46)43-35-81-49(60(43)79-48)29-42-40(9-2)66(96)97-36-44(42)65(81)95/h8,14,16,20,28-30,37,40,46-47,61-62,68,70-71H,4,9-13,15,17-19,21-27,31-36H2,1-3,5-7H3,(H,69,87)(H,72,93)(H,73,94)(H,74,85)(H,75,89)(H,76,88)(H,77,90)(H,78,86)/b16-8-,20-14-/t40?,46?,47?,61-,62?/m1/s1. The number of ether oxygens (including phenoxy) is 1. The zero-order chi connectivity index (χ0) is 70.9. The summed E-state index contributed by atoms with van der Waals surface area (Å²) in [7, 11) is 4.43. The molecule has 3 aliphatic rings. The molecule has 0 fully saturated rings. The van der Waals surface area contributed by atoms with E-state index in [4.69, 9.17) is 9.72 Å². The van der Waals surface area contributed by atoms with Crippen molar-refractivity contribution in [3.05, 3.63) is 98.3 Å². The maximum absolute atomic E-state index is 15.5. The number of aryl methyl sites for hydroxylation is 1. The number of rotatable bonds is 39. The number of aldehydes is 1. The largest absolute Gasteiger partial charge is 0.460 e. The molecule has 0 spiro atoms. The molecule has 1 aromatic carbocycles. The normalized spacial score (nSPS) is 15.1. The Hall–Kier alpha value is -10.0. The Bertz CT molecular complexity index is 3630. The molecule has 2 aromatic heterocycles. The predicted molar refractivity (Wildman–Crippen MR) is 352 cm³/mol. The maximum atomic E-state index is 15.5. The van der Waals surface area contributed by atoms with Crippen molar-refractivity contribution in [3.8, 4) is 11.4 Å². The highest BCUT2D eigenvalue weighted by atomic mass is 19.1. The van der Waals surface area contributed by atoms with E-state index >= 15 is 4.39 Å². The summed E-state index contributed by atoms with van der Waals surface area (Å²) in [4.78, 5) is 187. The topological polar surface area (TPSA) is 405 Å². The number of aromatic nitrogens is 2. The van der Waals surface area contributed by atoms with Crippen LogP contribution in [-0.2, 0) is 86.6 Å². The lowest BCUT2D eigenvalue weighted by Gasteiger charge is -2.38. The number of halogens is 1. The molecule has 1 aliphatic carbocycles. The van der Waals surface area contributed by atoms with Crippen molar-refractivity contribution in [1.82, 2.24) is 77.8 Å². The first-order valence-electron chi connectivity index (χ1n) is 32.3. The van der Waals surface area contributed by atoms with Crippen LogP contribution in [0, 0.1) is 12.7 Å². The molecule has 0 radical (unpaired) electrons. The van der Waals surface area contributed by atoms with Crippen LogP contribution in [0.1, 0.15) is 123 Å². The van der Waals surface area contributed by atoms with Crippen molar-refractivity contribution in [2.45, 2.75) is 135 Å². The molecule has 0 saturated heterocycles. The van der Waals surface area contributed by atoms with E-state index < -0.39 is 108 Å². The quantitative estimate of drug-likeness (QED) is 0.0109. The number of likely N-dealkylation sites (N-methyl/N-ethyl adjacent to an activating group) is 2. The molecule has 11 amide bonds. The molecular formula is C66H88FN15O15. The number of carbonyl (C=O) groups excluding carboxylic acids is 13. The Balaban J connectivity index is 1.01. The van der Waals surface area contributed by atoms with Crippen molar-refractivity contribution < 1.29 is 71.5 Å². The zero-order valence-electron chi connectivity index (χ0n) is 55.6. The van der Waals surface area contributed by atoms with Gasteiger partial charge in [-0.15, -0.1) is 0 Å². The number of carbonyl (C=O) groups is 13.